The van der Waals surface area contributed by atoms with Crippen LogP contribution in [0.25, 0.3) is 11.0 Å². The van der Waals surface area contributed by atoms with Gasteiger partial charge in [0.05, 0.1) is 15.9 Å². The molecule has 4 rings (SSSR count). The maximum Gasteiger partial charge on any atom is 0.330 e. The van der Waals surface area contributed by atoms with Crippen molar-refractivity contribution in [1.82, 2.24) is 24.7 Å². The summed E-state index contributed by atoms with van der Waals surface area (Å²) in [4.78, 5) is 12.8. The number of aryl methyl sites for hydroxylation is 1. The number of benzene rings is 1. The van der Waals surface area contributed by atoms with Gasteiger partial charge in [0.25, 0.3) is 0 Å². The van der Waals surface area contributed by atoms with Crippen molar-refractivity contribution in [3.05, 3.63) is 28.7 Å². The van der Waals surface area contributed by atoms with Gasteiger partial charge < -0.3 is 5.73 Å². The highest BCUT2D eigenvalue weighted by atomic mass is 32.2. The molecule has 1 aliphatic carbocycles. The van der Waals surface area contributed by atoms with E-state index in [4.69, 9.17) is 5.73 Å². The molecule has 0 spiro atoms. The van der Waals surface area contributed by atoms with Crippen LogP contribution in [0, 0.1) is 0 Å². The molecule has 1 saturated carbocycles. The van der Waals surface area contributed by atoms with Crippen LogP contribution in [0.4, 0.5) is 0 Å². The molecule has 0 bridgehead atoms. The lowest BCUT2D eigenvalue weighted by Gasteiger charge is -2.13. The third-order valence-corrected chi connectivity index (χ3v) is 7.24. The maximum absolute atomic E-state index is 12.6. The Morgan fingerprint density at radius 3 is 2.64 bits per heavy atom. The van der Waals surface area contributed by atoms with Gasteiger partial charge in [-0.15, -0.1) is 0 Å². The molecule has 25 heavy (non-hydrogen) atoms. The highest BCUT2D eigenvalue weighted by molar-refractivity contribution is 8.00. The molecule has 9 nitrogen and oxygen atoms in total. The monoisotopic (exact) mass is 384 g/mol. The lowest BCUT2D eigenvalue weighted by molar-refractivity contribution is 0.475. The number of nitrogens with zero attached hydrogens (tertiary/aromatic N) is 2. The van der Waals surface area contributed by atoms with Crippen LogP contribution in [0.3, 0.4) is 0 Å². The second kappa shape index (κ2) is 5.56. The van der Waals surface area contributed by atoms with Crippen LogP contribution in [0.2, 0.25) is 0 Å². The summed E-state index contributed by atoms with van der Waals surface area (Å²) < 4.78 is 31.0. The number of aromatic nitrogens is 2. The highest BCUT2D eigenvalue weighted by Gasteiger charge is 2.41. The smallest absolute Gasteiger partial charge is 0.306 e. The molecule has 11 heteroatoms. The molecule has 2 unspecified atom stereocenters. The van der Waals surface area contributed by atoms with Gasteiger partial charge >= 0.3 is 5.69 Å². The molecule has 2 aliphatic rings. The Balaban J connectivity index is 1.83. The summed E-state index contributed by atoms with van der Waals surface area (Å²) >= 11 is 1.33. The predicted molar refractivity (Wildman–Crippen MR) is 96.0 cm³/mol. The van der Waals surface area contributed by atoms with Crippen molar-refractivity contribution in [2.45, 2.75) is 41.2 Å². The van der Waals surface area contributed by atoms with Gasteiger partial charge in [-0.25, -0.2) is 28.8 Å². The van der Waals surface area contributed by atoms with Crippen molar-refractivity contribution in [3.8, 4) is 0 Å². The fourth-order valence-corrected chi connectivity index (χ4v) is 5.26. The molecular formula is C14H20N6O3S2. The molecule has 2 heterocycles. The fraction of sp³-hybridized carbons (Fsp3) is 0.500. The number of rotatable bonds is 4. The van der Waals surface area contributed by atoms with Crippen molar-refractivity contribution in [1.29, 1.82) is 0 Å². The molecule has 2 aromatic rings. The number of sulfonamides is 1. The minimum atomic E-state index is -3.64. The Labute approximate surface area is 149 Å². The molecule has 0 amide bonds. The number of fused-ring (bicyclic) bond motifs is 1. The summed E-state index contributed by atoms with van der Waals surface area (Å²) in [6.07, 6.45) is 1.66. The zero-order chi connectivity index (χ0) is 18.0. The van der Waals surface area contributed by atoms with Crippen molar-refractivity contribution in [2.24, 2.45) is 12.8 Å². The van der Waals surface area contributed by atoms with E-state index in [0.29, 0.717) is 11.0 Å². The van der Waals surface area contributed by atoms with Crippen molar-refractivity contribution in [3.63, 3.8) is 0 Å². The Kier molecular flexibility index (Phi) is 3.80. The SMILES string of the molecule is Cn1c(=O)n(C2NNC(N)S2)c2cc(S(=O)(=O)NC3(C)CC3)ccc21. The second-order valence-corrected chi connectivity index (χ2v) is 9.63. The standard InChI is InChI=1S/C14H20N6O3S2/c1-14(5-6-14)18-25(22,23)8-3-4-9-10(7-8)20(13(21)19(9)2)12-17-16-11(15)24-12/h3-4,7,11-12,16-18H,5-6,15H2,1-2H3. The van der Waals surface area contributed by atoms with E-state index in [1.807, 2.05) is 6.92 Å². The number of hydrogen-bond donors (Lipinski definition) is 4. The van der Waals surface area contributed by atoms with Gasteiger partial charge in [-0.05, 0) is 38.0 Å². The summed E-state index contributed by atoms with van der Waals surface area (Å²) in [5.74, 6) is 0. The van der Waals surface area contributed by atoms with Crippen LogP contribution in [0.15, 0.2) is 27.9 Å². The molecule has 0 radical (unpaired) electrons. The van der Waals surface area contributed by atoms with E-state index in [9.17, 15) is 13.2 Å². The minimum Gasteiger partial charge on any atom is -0.306 e. The average Bonchev–Trinajstić information content (AvgIpc) is 3.00. The van der Waals surface area contributed by atoms with Gasteiger partial charge in [0.2, 0.25) is 10.0 Å². The normalized spacial score (nSPS) is 25.6. The minimum absolute atomic E-state index is 0.146. The van der Waals surface area contributed by atoms with Crippen LogP contribution < -0.4 is 27.0 Å². The maximum atomic E-state index is 12.6. The molecule has 136 valence electrons. The first kappa shape index (κ1) is 17.1. The Morgan fingerprint density at radius 2 is 2.04 bits per heavy atom. The van der Waals surface area contributed by atoms with Crippen LogP contribution in [0.1, 0.15) is 25.3 Å². The number of nitrogens with one attached hydrogen (secondary N) is 3. The number of hydrazine groups is 1. The Hall–Kier alpha value is -1.37. The molecule has 1 saturated heterocycles. The molecule has 2 fully saturated rings. The van der Waals surface area contributed by atoms with Crippen LogP contribution in [-0.4, -0.2) is 28.6 Å². The molecule has 5 N–H and O–H groups in total. The Bertz CT molecular complexity index is 1010. The highest BCUT2D eigenvalue weighted by Crippen LogP contribution is 2.36. The summed E-state index contributed by atoms with van der Waals surface area (Å²) in [6.45, 7) is 1.88. The van der Waals surface area contributed by atoms with Gasteiger partial charge in [0.1, 0.15) is 5.50 Å². The second-order valence-electron chi connectivity index (χ2n) is 6.73. The first-order valence-electron chi connectivity index (χ1n) is 7.87. The molecule has 2 atom stereocenters. The van der Waals surface area contributed by atoms with E-state index in [-0.39, 0.29) is 21.6 Å². The zero-order valence-corrected chi connectivity index (χ0v) is 15.4. The average molecular weight is 384 g/mol. The lowest BCUT2D eigenvalue weighted by Crippen LogP contribution is -2.38. The third kappa shape index (κ3) is 2.90. The van der Waals surface area contributed by atoms with E-state index >= 15 is 0 Å². The van der Waals surface area contributed by atoms with E-state index in [2.05, 4.69) is 15.6 Å². The molecule has 1 aromatic carbocycles. The van der Waals surface area contributed by atoms with E-state index in [1.54, 1.807) is 13.1 Å². The predicted octanol–water partition coefficient (Wildman–Crippen LogP) is -0.290. The number of imidazole rings is 1. The largest absolute Gasteiger partial charge is 0.330 e. The summed E-state index contributed by atoms with van der Waals surface area (Å²) in [7, 11) is -1.99. The number of nitrogens with two attached hydrogens (primary N) is 1. The van der Waals surface area contributed by atoms with Gasteiger partial charge in [0.15, 0.2) is 5.50 Å². The quantitative estimate of drug-likeness (QED) is 0.571. The van der Waals surface area contributed by atoms with Gasteiger partial charge in [-0.1, -0.05) is 11.8 Å². The number of thioether (sulfide) groups is 1. The lowest BCUT2D eigenvalue weighted by atomic mass is 10.3. The van der Waals surface area contributed by atoms with Crippen molar-refractivity contribution >= 4 is 32.8 Å². The van der Waals surface area contributed by atoms with Crippen LogP contribution in [0.5, 0.6) is 0 Å². The van der Waals surface area contributed by atoms with Gasteiger partial charge in [0, 0.05) is 12.6 Å². The zero-order valence-electron chi connectivity index (χ0n) is 13.8. The summed E-state index contributed by atoms with van der Waals surface area (Å²) in [5.41, 5.74) is 11.4. The Morgan fingerprint density at radius 1 is 1.32 bits per heavy atom. The topological polar surface area (TPSA) is 123 Å². The molecular weight excluding hydrogens is 364 g/mol. The molecule has 1 aliphatic heterocycles. The summed E-state index contributed by atoms with van der Waals surface area (Å²) in [5, 5.41) is 0. The van der Waals surface area contributed by atoms with E-state index in [1.165, 1.54) is 33.0 Å². The van der Waals surface area contributed by atoms with Crippen LogP contribution >= 0.6 is 11.8 Å². The first-order valence-corrected chi connectivity index (χ1v) is 10.3. The van der Waals surface area contributed by atoms with E-state index in [0.717, 1.165) is 12.8 Å². The van der Waals surface area contributed by atoms with Crippen molar-refractivity contribution in [2.75, 3.05) is 0 Å². The molecule has 1 aromatic heterocycles. The van der Waals surface area contributed by atoms with Crippen LogP contribution in [-0.2, 0) is 17.1 Å². The first-order chi connectivity index (χ1) is 11.7. The fourth-order valence-electron chi connectivity index (χ4n) is 2.90. The van der Waals surface area contributed by atoms with Gasteiger partial charge in [-0.2, -0.15) is 0 Å². The number of hydrogen-bond acceptors (Lipinski definition) is 7. The third-order valence-electron chi connectivity index (χ3n) is 4.61. The summed E-state index contributed by atoms with van der Waals surface area (Å²) in [6, 6.07) is 4.72. The van der Waals surface area contributed by atoms with Gasteiger partial charge in [-0.3, -0.25) is 9.13 Å². The van der Waals surface area contributed by atoms with Crippen molar-refractivity contribution < 1.29 is 8.42 Å². The van der Waals surface area contributed by atoms with E-state index < -0.39 is 15.5 Å².